The highest BCUT2D eigenvalue weighted by molar-refractivity contribution is 7.20. The molecule has 9 heteroatoms. The van der Waals surface area contributed by atoms with Crippen molar-refractivity contribution in [2.24, 2.45) is 0 Å². The molecular formula is C21H17FN4O3S. The van der Waals surface area contributed by atoms with Gasteiger partial charge in [-0.25, -0.2) is 9.07 Å². The van der Waals surface area contributed by atoms with Crippen LogP contribution in [0, 0.1) is 5.82 Å². The monoisotopic (exact) mass is 424 g/mol. The highest BCUT2D eigenvalue weighted by Gasteiger charge is 2.19. The van der Waals surface area contributed by atoms with E-state index in [9.17, 15) is 18.8 Å². The number of hydrazine groups is 1. The summed E-state index contributed by atoms with van der Waals surface area (Å²) >= 11 is 1.11. The quantitative estimate of drug-likeness (QED) is 0.493. The van der Waals surface area contributed by atoms with Crippen molar-refractivity contribution in [3.63, 3.8) is 0 Å². The van der Waals surface area contributed by atoms with Gasteiger partial charge in [-0.05, 0) is 38.1 Å². The Morgan fingerprint density at radius 2 is 1.70 bits per heavy atom. The fourth-order valence-electron chi connectivity index (χ4n) is 3.10. The van der Waals surface area contributed by atoms with E-state index in [0.717, 1.165) is 11.3 Å². The smallest absolute Gasteiger partial charge is 0.267 e. The predicted octanol–water partition coefficient (Wildman–Crippen LogP) is 3.41. The number of halogens is 1. The number of benzene rings is 2. The lowest BCUT2D eigenvalue weighted by molar-refractivity contribution is 0.0845. The van der Waals surface area contributed by atoms with Crippen LogP contribution in [0.1, 0.15) is 40.0 Å². The van der Waals surface area contributed by atoms with Crippen LogP contribution in [0.4, 0.5) is 4.39 Å². The van der Waals surface area contributed by atoms with Gasteiger partial charge in [-0.3, -0.25) is 25.2 Å². The number of carbonyl (C=O) groups is 2. The molecule has 30 heavy (non-hydrogen) atoms. The van der Waals surface area contributed by atoms with E-state index in [0.29, 0.717) is 20.9 Å². The van der Waals surface area contributed by atoms with Crippen LogP contribution in [0.2, 0.25) is 0 Å². The lowest BCUT2D eigenvalue weighted by atomic mass is 10.1. The fraction of sp³-hybridized carbons (Fsp3) is 0.143. The first-order valence-electron chi connectivity index (χ1n) is 9.17. The Kier molecular flexibility index (Phi) is 5.04. The molecule has 2 heterocycles. The summed E-state index contributed by atoms with van der Waals surface area (Å²) in [6.45, 7) is 3.57. The molecule has 2 amide bonds. The summed E-state index contributed by atoms with van der Waals surface area (Å²) in [6, 6.07) is 12.4. The molecule has 0 fully saturated rings. The molecular weight excluding hydrogens is 407 g/mol. The molecule has 4 rings (SSSR count). The first kappa shape index (κ1) is 19.7. The van der Waals surface area contributed by atoms with Crippen molar-refractivity contribution in [2.75, 3.05) is 0 Å². The Hall–Kier alpha value is -3.59. The highest BCUT2D eigenvalue weighted by Crippen LogP contribution is 2.27. The first-order chi connectivity index (χ1) is 14.4. The topological polar surface area (TPSA) is 93.1 Å². The van der Waals surface area contributed by atoms with Gasteiger partial charge in [0.25, 0.3) is 17.4 Å². The minimum absolute atomic E-state index is 0.0154. The number of hydrogen-bond acceptors (Lipinski definition) is 5. The van der Waals surface area contributed by atoms with Gasteiger partial charge in [0.2, 0.25) is 0 Å². The van der Waals surface area contributed by atoms with Crippen LogP contribution in [-0.2, 0) is 0 Å². The minimum Gasteiger partial charge on any atom is -0.267 e. The first-order valence-corrected chi connectivity index (χ1v) is 9.98. The number of thiophene rings is 1. The summed E-state index contributed by atoms with van der Waals surface area (Å²) in [5.74, 6) is -1.66. The molecule has 7 nitrogen and oxygen atoms in total. The van der Waals surface area contributed by atoms with Gasteiger partial charge < -0.3 is 0 Å². The van der Waals surface area contributed by atoms with Crippen LogP contribution >= 0.6 is 11.3 Å². The molecule has 2 aromatic heterocycles. The van der Waals surface area contributed by atoms with Crippen molar-refractivity contribution < 1.29 is 14.0 Å². The van der Waals surface area contributed by atoms with E-state index < -0.39 is 17.6 Å². The Morgan fingerprint density at radius 3 is 2.40 bits per heavy atom. The molecule has 0 aliphatic heterocycles. The third-order valence-corrected chi connectivity index (χ3v) is 5.65. The molecule has 2 N–H and O–H groups in total. The number of carbonyl (C=O) groups excluding carboxylic acids is 2. The van der Waals surface area contributed by atoms with Gasteiger partial charge in [0.15, 0.2) is 5.69 Å². The summed E-state index contributed by atoms with van der Waals surface area (Å²) in [7, 11) is 0. The van der Waals surface area contributed by atoms with E-state index in [1.54, 1.807) is 50.2 Å². The van der Waals surface area contributed by atoms with Crippen molar-refractivity contribution >= 4 is 44.0 Å². The van der Waals surface area contributed by atoms with E-state index >= 15 is 0 Å². The zero-order valence-corrected chi connectivity index (χ0v) is 16.9. The van der Waals surface area contributed by atoms with Crippen LogP contribution < -0.4 is 16.4 Å². The summed E-state index contributed by atoms with van der Waals surface area (Å²) in [5.41, 5.74) is 4.38. The molecule has 152 valence electrons. The number of amides is 2. The lowest BCUT2D eigenvalue weighted by Crippen LogP contribution is -2.42. The number of nitrogens with zero attached hydrogens (tertiary/aromatic N) is 2. The predicted molar refractivity (Wildman–Crippen MR) is 113 cm³/mol. The molecule has 0 radical (unpaired) electrons. The second-order valence-corrected chi connectivity index (χ2v) is 7.99. The molecule has 0 bridgehead atoms. The van der Waals surface area contributed by atoms with Crippen molar-refractivity contribution in [2.45, 2.75) is 19.9 Å². The minimum atomic E-state index is -0.666. The maximum absolute atomic E-state index is 13.9. The average molecular weight is 424 g/mol. The normalized spacial score (nSPS) is 11.2. The molecule has 2 aromatic carbocycles. The summed E-state index contributed by atoms with van der Waals surface area (Å²) in [5, 5.41) is 5.28. The maximum atomic E-state index is 13.9. The van der Waals surface area contributed by atoms with Crippen LogP contribution in [0.15, 0.2) is 53.3 Å². The molecule has 0 saturated heterocycles. The standard InChI is InChI=1S/C21H17FN4O3S/c1-11(2)26-21(29)13-7-4-3-6-12(13)18(25-26)20(28)24-23-19(27)17-10-14-15(22)8-5-9-16(14)30-17/h3-11H,1-2H3,(H,23,27)(H,24,28). The zero-order valence-electron chi connectivity index (χ0n) is 16.1. The molecule has 0 spiro atoms. The molecule has 0 aliphatic carbocycles. The Balaban J connectivity index is 1.61. The molecule has 0 atom stereocenters. The number of nitrogens with one attached hydrogen (secondary N) is 2. The van der Waals surface area contributed by atoms with Crippen molar-refractivity contribution in [3.05, 3.63) is 75.3 Å². The summed E-state index contributed by atoms with van der Waals surface area (Å²) in [6.07, 6.45) is 0. The Labute approximate surface area is 174 Å². The van der Waals surface area contributed by atoms with E-state index in [2.05, 4.69) is 16.0 Å². The second-order valence-electron chi connectivity index (χ2n) is 6.91. The highest BCUT2D eigenvalue weighted by atomic mass is 32.1. The molecule has 0 aliphatic rings. The van der Waals surface area contributed by atoms with Gasteiger partial charge in [0.1, 0.15) is 5.82 Å². The van der Waals surface area contributed by atoms with Crippen molar-refractivity contribution in [1.29, 1.82) is 0 Å². The number of rotatable bonds is 3. The fourth-order valence-corrected chi connectivity index (χ4v) is 4.07. The van der Waals surface area contributed by atoms with Gasteiger partial charge in [-0.15, -0.1) is 11.3 Å². The third kappa shape index (κ3) is 3.43. The van der Waals surface area contributed by atoms with Crippen molar-refractivity contribution in [3.8, 4) is 0 Å². The van der Waals surface area contributed by atoms with E-state index in [-0.39, 0.29) is 22.2 Å². The van der Waals surface area contributed by atoms with Crippen LogP contribution in [0.5, 0.6) is 0 Å². The molecule has 0 saturated carbocycles. The van der Waals surface area contributed by atoms with E-state index in [1.165, 1.54) is 16.8 Å². The number of hydrogen-bond donors (Lipinski definition) is 2. The number of aromatic nitrogens is 2. The van der Waals surface area contributed by atoms with Crippen molar-refractivity contribution in [1.82, 2.24) is 20.6 Å². The van der Waals surface area contributed by atoms with Crippen LogP contribution in [0.25, 0.3) is 20.9 Å². The van der Waals surface area contributed by atoms with Crippen LogP contribution in [0.3, 0.4) is 0 Å². The van der Waals surface area contributed by atoms with Gasteiger partial charge in [-0.2, -0.15) is 5.10 Å². The van der Waals surface area contributed by atoms with Gasteiger partial charge in [0, 0.05) is 15.5 Å². The lowest BCUT2D eigenvalue weighted by Gasteiger charge is -2.13. The largest absolute Gasteiger partial charge is 0.290 e. The number of fused-ring (bicyclic) bond motifs is 2. The zero-order chi connectivity index (χ0) is 21.4. The molecule has 0 unspecified atom stereocenters. The van der Waals surface area contributed by atoms with Gasteiger partial charge >= 0.3 is 0 Å². The Bertz CT molecular complexity index is 1360. The molecule has 4 aromatic rings. The van der Waals surface area contributed by atoms with E-state index in [1.807, 2.05) is 0 Å². The SMILES string of the molecule is CC(C)n1nc(C(=O)NNC(=O)c2cc3c(F)cccc3s2)c2ccccc2c1=O. The Morgan fingerprint density at radius 1 is 1.00 bits per heavy atom. The van der Waals surface area contributed by atoms with Gasteiger partial charge in [0.05, 0.1) is 16.3 Å². The average Bonchev–Trinajstić information content (AvgIpc) is 3.18. The van der Waals surface area contributed by atoms with E-state index in [4.69, 9.17) is 0 Å². The second kappa shape index (κ2) is 7.68. The maximum Gasteiger partial charge on any atom is 0.290 e. The van der Waals surface area contributed by atoms with Crippen LogP contribution in [-0.4, -0.2) is 21.6 Å². The summed E-state index contributed by atoms with van der Waals surface area (Å²) in [4.78, 5) is 38.0. The third-order valence-electron chi connectivity index (χ3n) is 4.55. The van der Waals surface area contributed by atoms with Gasteiger partial charge in [-0.1, -0.05) is 24.3 Å². The summed E-state index contributed by atoms with van der Waals surface area (Å²) < 4.78 is 15.7.